The number of ether oxygens (including phenoxy) is 1. The summed E-state index contributed by atoms with van der Waals surface area (Å²) in [7, 11) is -1.91. The zero-order valence-corrected chi connectivity index (χ0v) is 22.4. The van der Waals surface area contributed by atoms with E-state index in [0.29, 0.717) is 5.75 Å². The molecule has 0 aliphatic heterocycles. The molecular weight excluding hydrogens is 453 g/mol. The van der Waals surface area contributed by atoms with Gasteiger partial charge in [-0.1, -0.05) is 57.2 Å². The van der Waals surface area contributed by atoms with E-state index in [-0.39, 0.29) is 23.7 Å². The molecule has 0 N–H and O–H groups in total. The molecule has 186 valence electrons. The third-order valence-corrected chi connectivity index (χ3v) is 11.4. The van der Waals surface area contributed by atoms with Crippen molar-refractivity contribution in [1.29, 1.82) is 0 Å². The Bertz CT molecular complexity index is 1140. The lowest BCUT2D eigenvalue weighted by Crippen LogP contribution is -2.48. The Kier molecular flexibility index (Phi) is 7.45. The molecule has 34 heavy (non-hydrogen) atoms. The van der Waals surface area contributed by atoms with E-state index >= 15 is 0 Å². The average molecular weight is 491 g/mol. The van der Waals surface area contributed by atoms with Crippen molar-refractivity contribution in [2.45, 2.75) is 83.8 Å². The summed E-state index contributed by atoms with van der Waals surface area (Å²) < 4.78 is 49.6. The molecule has 6 heteroatoms. The molecule has 3 rings (SSSR count). The van der Waals surface area contributed by atoms with Crippen molar-refractivity contribution in [2.24, 2.45) is 0 Å². The highest BCUT2D eigenvalue weighted by Gasteiger charge is 2.41. The van der Waals surface area contributed by atoms with Crippen molar-refractivity contribution in [1.82, 2.24) is 0 Å². The van der Waals surface area contributed by atoms with Crippen LogP contribution in [0.1, 0.15) is 53.0 Å². The first kappa shape index (κ1) is 26.5. The van der Waals surface area contributed by atoms with Gasteiger partial charge in [-0.05, 0) is 84.1 Å². The summed E-state index contributed by atoms with van der Waals surface area (Å²) in [6.07, 6.45) is -4.25. The molecule has 0 bridgehead atoms. The topological polar surface area (TPSA) is 18.5 Å². The average Bonchev–Trinajstić information content (AvgIpc) is 2.68. The highest BCUT2D eigenvalue weighted by Crippen LogP contribution is 2.40. The van der Waals surface area contributed by atoms with E-state index in [1.165, 1.54) is 5.56 Å². The van der Waals surface area contributed by atoms with E-state index in [1.807, 2.05) is 18.2 Å². The molecule has 0 saturated carbocycles. The van der Waals surface area contributed by atoms with Crippen LogP contribution in [0.3, 0.4) is 0 Å². The highest BCUT2D eigenvalue weighted by atomic mass is 28.4. The zero-order chi connectivity index (χ0) is 25.4. The van der Waals surface area contributed by atoms with Crippen LogP contribution >= 0.6 is 0 Å². The predicted molar refractivity (Wildman–Crippen MR) is 138 cm³/mol. The Morgan fingerprint density at radius 3 is 1.94 bits per heavy atom. The zero-order valence-electron chi connectivity index (χ0n) is 21.4. The number of hydrogen-bond acceptors (Lipinski definition) is 2. The van der Waals surface area contributed by atoms with Crippen LogP contribution in [0, 0.1) is 0 Å². The Morgan fingerprint density at radius 2 is 1.35 bits per heavy atom. The van der Waals surface area contributed by atoms with E-state index in [1.54, 1.807) is 0 Å². The van der Waals surface area contributed by atoms with Crippen LogP contribution in [0.5, 0.6) is 5.75 Å². The van der Waals surface area contributed by atoms with Crippen LogP contribution in [0.15, 0.2) is 48.5 Å². The number of hydrogen-bond donors (Lipinski definition) is 0. The molecule has 0 fully saturated rings. The molecule has 0 atom stereocenters. The Hall–Kier alpha value is -2.05. The quantitative estimate of drug-likeness (QED) is 0.178. The lowest BCUT2D eigenvalue weighted by molar-refractivity contribution is -0.136. The van der Waals surface area contributed by atoms with Crippen molar-refractivity contribution in [2.75, 3.05) is 6.61 Å². The van der Waals surface area contributed by atoms with Gasteiger partial charge in [0.2, 0.25) is 0 Å². The van der Waals surface area contributed by atoms with E-state index in [9.17, 15) is 13.2 Å². The van der Waals surface area contributed by atoms with Gasteiger partial charge in [0.1, 0.15) is 5.75 Å². The maximum atomic E-state index is 12.4. The summed E-state index contributed by atoms with van der Waals surface area (Å²) in [5.41, 5.74) is 0.897. The molecular formula is C28H37F3O2Si. The molecule has 3 aromatic carbocycles. The number of rotatable bonds is 8. The fraction of sp³-hybridized carbons (Fsp3) is 0.500. The smallest absolute Gasteiger partial charge is 0.389 e. The van der Waals surface area contributed by atoms with Gasteiger partial charge in [-0.2, -0.15) is 13.2 Å². The molecule has 0 aromatic heterocycles. The fourth-order valence-electron chi connectivity index (χ4n) is 4.11. The van der Waals surface area contributed by atoms with Gasteiger partial charge in [-0.3, -0.25) is 0 Å². The van der Waals surface area contributed by atoms with Crippen LogP contribution in [-0.2, 0) is 10.8 Å². The second-order valence-corrected chi connectivity index (χ2v) is 16.1. The van der Waals surface area contributed by atoms with Crippen molar-refractivity contribution in [3.05, 3.63) is 54.1 Å². The largest absolute Gasteiger partial charge is 0.494 e. The van der Waals surface area contributed by atoms with E-state index < -0.39 is 20.9 Å². The number of benzene rings is 3. The van der Waals surface area contributed by atoms with Crippen LogP contribution in [0.2, 0.25) is 18.1 Å². The van der Waals surface area contributed by atoms with Crippen molar-refractivity contribution in [3.8, 4) is 5.75 Å². The van der Waals surface area contributed by atoms with E-state index in [0.717, 1.165) is 28.0 Å². The second kappa shape index (κ2) is 9.54. The van der Waals surface area contributed by atoms with E-state index in [4.69, 9.17) is 9.16 Å². The molecule has 0 saturated heterocycles. The Labute approximate surface area is 202 Å². The van der Waals surface area contributed by atoms with Crippen molar-refractivity contribution >= 4 is 29.9 Å². The van der Waals surface area contributed by atoms with Crippen LogP contribution in [-0.4, -0.2) is 26.7 Å². The van der Waals surface area contributed by atoms with Gasteiger partial charge >= 0.3 is 6.18 Å². The van der Waals surface area contributed by atoms with E-state index in [2.05, 4.69) is 78.0 Å². The van der Waals surface area contributed by atoms with Crippen LogP contribution < -0.4 is 4.74 Å². The molecule has 0 unspecified atom stereocenters. The molecule has 0 aliphatic rings. The Morgan fingerprint density at radius 1 is 0.794 bits per heavy atom. The summed E-state index contributed by atoms with van der Waals surface area (Å²) in [6, 6.07) is 16.4. The maximum absolute atomic E-state index is 12.4. The second-order valence-electron chi connectivity index (χ2n) is 11.4. The minimum Gasteiger partial charge on any atom is -0.494 e. The normalized spacial score (nSPS) is 13.6. The van der Waals surface area contributed by atoms with Gasteiger partial charge in [-0.25, -0.2) is 0 Å². The van der Waals surface area contributed by atoms with Gasteiger partial charge in [0.05, 0.1) is 12.2 Å². The predicted octanol–water partition coefficient (Wildman–Crippen LogP) is 9.06. The Balaban J connectivity index is 1.86. The molecule has 0 radical (unpaired) electrons. The van der Waals surface area contributed by atoms with Gasteiger partial charge < -0.3 is 9.16 Å². The summed E-state index contributed by atoms with van der Waals surface area (Å²) in [5.74, 6) is 0.592. The van der Waals surface area contributed by atoms with Crippen LogP contribution in [0.4, 0.5) is 13.2 Å². The number of alkyl halides is 3. The standard InChI is InChI=1S/C28H37F3O2Si/c1-26(2,3)34(6,7)33-27(4,5)19-20-9-10-21-11-12-22-13-14-23(18-25(22)24(21)17-20)32-16-8-15-28(29,30)31/h9-14,17-18H,8,15-16,19H2,1-7H3. The van der Waals surface area contributed by atoms with Gasteiger partial charge in [0, 0.05) is 6.42 Å². The third-order valence-electron chi connectivity index (χ3n) is 6.72. The summed E-state index contributed by atoms with van der Waals surface area (Å²) >= 11 is 0. The molecule has 0 heterocycles. The van der Waals surface area contributed by atoms with Gasteiger partial charge in [0.25, 0.3) is 0 Å². The third kappa shape index (κ3) is 6.76. The molecule has 2 nitrogen and oxygen atoms in total. The van der Waals surface area contributed by atoms with Crippen molar-refractivity contribution < 1.29 is 22.3 Å². The summed E-state index contributed by atoms with van der Waals surface area (Å²) in [6.45, 7) is 15.7. The van der Waals surface area contributed by atoms with Gasteiger partial charge in [-0.15, -0.1) is 0 Å². The summed E-state index contributed by atoms with van der Waals surface area (Å²) in [4.78, 5) is 0. The fourth-order valence-corrected chi connectivity index (χ4v) is 5.87. The SMILES string of the molecule is CC(C)(Cc1ccc2ccc3ccc(OCCCC(F)(F)F)cc3c2c1)O[Si](C)(C)C(C)(C)C. The van der Waals surface area contributed by atoms with Gasteiger partial charge in [0.15, 0.2) is 8.32 Å². The maximum Gasteiger partial charge on any atom is 0.389 e. The number of halogens is 3. The lowest BCUT2D eigenvalue weighted by Gasteiger charge is -2.43. The monoisotopic (exact) mass is 490 g/mol. The minimum absolute atomic E-state index is 0.0417. The molecule has 3 aromatic rings. The first-order valence-electron chi connectivity index (χ1n) is 11.9. The molecule has 0 aliphatic carbocycles. The minimum atomic E-state index is -4.15. The first-order chi connectivity index (χ1) is 15.6. The first-order valence-corrected chi connectivity index (χ1v) is 14.8. The summed E-state index contributed by atoms with van der Waals surface area (Å²) in [5, 5.41) is 4.48. The van der Waals surface area contributed by atoms with Crippen LogP contribution in [0.25, 0.3) is 21.5 Å². The molecule has 0 spiro atoms. The molecule has 0 amide bonds. The highest BCUT2D eigenvalue weighted by molar-refractivity contribution is 6.74. The number of fused-ring (bicyclic) bond motifs is 3. The van der Waals surface area contributed by atoms with Crippen molar-refractivity contribution in [3.63, 3.8) is 0 Å². The lowest BCUT2D eigenvalue weighted by atomic mass is 9.94.